The molecule has 0 unspecified atom stereocenters. The molecule has 166 valence electrons. The molecule has 0 aliphatic carbocycles. The van der Waals surface area contributed by atoms with Crippen molar-refractivity contribution in [1.29, 1.82) is 0 Å². The second kappa shape index (κ2) is 9.40. The number of carbonyl (C=O) groups excluding carboxylic acids is 2. The molecule has 2 saturated heterocycles. The number of halogens is 1. The Labute approximate surface area is 176 Å². The van der Waals surface area contributed by atoms with E-state index in [4.69, 9.17) is 9.47 Å². The zero-order valence-electron chi connectivity index (χ0n) is 17.2. The van der Waals surface area contributed by atoms with Crippen molar-refractivity contribution < 1.29 is 31.9 Å². The molecule has 0 bridgehead atoms. The highest BCUT2D eigenvalue weighted by Crippen LogP contribution is 2.22. The van der Waals surface area contributed by atoms with Gasteiger partial charge >= 0.3 is 5.97 Å². The number of piperidine rings is 1. The van der Waals surface area contributed by atoms with Gasteiger partial charge in [0.15, 0.2) is 6.61 Å². The molecule has 2 fully saturated rings. The topological polar surface area (TPSA) is 93.2 Å². The minimum Gasteiger partial charge on any atom is -0.452 e. The Hall–Kier alpha value is -2.04. The summed E-state index contributed by atoms with van der Waals surface area (Å²) in [4.78, 5) is 26.2. The van der Waals surface area contributed by atoms with Crippen molar-refractivity contribution in [2.45, 2.75) is 25.2 Å². The third-order valence-corrected chi connectivity index (χ3v) is 7.21. The molecule has 2 heterocycles. The van der Waals surface area contributed by atoms with E-state index in [1.54, 1.807) is 4.90 Å². The normalized spacial score (nSPS) is 23.2. The fraction of sp³-hybridized carbons (Fsp3) is 0.600. The predicted octanol–water partition coefficient (Wildman–Crippen LogP) is 1.51. The van der Waals surface area contributed by atoms with Gasteiger partial charge in [0.1, 0.15) is 5.82 Å². The average Bonchev–Trinajstić information content (AvgIpc) is 2.71. The summed E-state index contributed by atoms with van der Waals surface area (Å²) in [6.07, 6.45) is 1.03. The van der Waals surface area contributed by atoms with Gasteiger partial charge in [-0.15, -0.1) is 0 Å². The first-order valence-corrected chi connectivity index (χ1v) is 11.4. The average molecular weight is 443 g/mol. The second-order valence-electron chi connectivity index (χ2n) is 7.98. The number of nitrogens with zero attached hydrogens (tertiary/aromatic N) is 2. The van der Waals surface area contributed by atoms with Crippen LogP contribution in [0.15, 0.2) is 23.1 Å². The van der Waals surface area contributed by atoms with Crippen LogP contribution < -0.4 is 0 Å². The molecule has 30 heavy (non-hydrogen) atoms. The van der Waals surface area contributed by atoms with Crippen LogP contribution in [0.3, 0.4) is 0 Å². The quantitative estimate of drug-likeness (QED) is 0.642. The van der Waals surface area contributed by atoms with Gasteiger partial charge in [0.2, 0.25) is 10.0 Å². The number of morpholine rings is 1. The van der Waals surface area contributed by atoms with Gasteiger partial charge in [0.25, 0.3) is 5.91 Å². The molecule has 2 atom stereocenters. The van der Waals surface area contributed by atoms with E-state index in [1.165, 1.54) is 4.31 Å². The third kappa shape index (κ3) is 5.16. The zero-order chi connectivity index (χ0) is 21.9. The Balaban J connectivity index is 1.68. The molecule has 0 spiro atoms. The van der Waals surface area contributed by atoms with E-state index in [0.29, 0.717) is 24.9 Å². The van der Waals surface area contributed by atoms with Crippen LogP contribution in [-0.4, -0.2) is 75.5 Å². The maximum Gasteiger partial charge on any atom is 0.341 e. The second-order valence-corrected chi connectivity index (χ2v) is 9.92. The number of amides is 1. The van der Waals surface area contributed by atoms with E-state index in [0.717, 1.165) is 24.6 Å². The standard InChI is InChI=1S/C20H27FN2O6S/c1-14-9-15(2)12-22(11-14)19(24)13-29-20(25)17-10-16(3-4-18(17)21)30(26,27)23-5-7-28-8-6-23/h3-4,10,14-15H,5-9,11-13H2,1-2H3/t14-,15-/m0/s1. The van der Waals surface area contributed by atoms with Gasteiger partial charge in [-0.3, -0.25) is 4.79 Å². The fourth-order valence-electron chi connectivity index (χ4n) is 3.92. The molecule has 8 nitrogen and oxygen atoms in total. The zero-order valence-corrected chi connectivity index (χ0v) is 18.0. The van der Waals surface area contributed by atoms with Crippen LogP contribution in [0.1, 0.15) is 30.6 Å². The van der Waals surface area contributed by atoms with Crippen LogP contribution in [0.5, 0.6) is 0 Å². The van der Waals surface area contributed by atoms with Gasteiger partial charge in [-0.25, -0.2) is 17.6 Å². The first-order valence-electron chi connectivity index (χ1n) is 10.0. The van der Waals surface area contributed by atoms with E-state index < -0.39 is 34.0 Å². The minimum absolute atomic E-state index is 0.181. The fourth-order valence-corrected chi connectivity index (χ4v) is 5.35. The number of sulfonamides is 1. The smallest absolute Gasteiger partial charge is 0.341 e. The van der Waals surface area contributed by atoms with Crippen LogP contribution in [0, 0.1) is 17.7 Å². The highest BCUT2D eigenvalue weighted by Gasteiger charge is 2.29. The Bertz CT molecular complexity index is 891. The van der Waals surface area contributed by atoms with Gasteiger partial charge < -0.3 is 14.4 Å². The van der Waals surface area contributed by atoms with E-state index in [1.807, 2.05) is 0 Å². The SMILES string of the molecule is C[C@H]1C[C@H](C)CN(C(=O)COC(=O)c2cc(S(=O)(=O)N3CCOCC3)ccc2F)C1. The highest BCUT2D eigenvalue weighted by atomic mass is 32.2. The summed E-state index contributed by atoms with van der Waals surface area (Å²) < 4.78 is 51.1. The third-order valence-electron chi connectivity index (χ3n) is 5.31. The Morgan fingerprint density at radius 2 is 1.80 bits per heavy atom. The van der Waals surface area contributed by atoms with Gasteiger partial charge in [-0.05, 0) is 36.5 Å². The summed E-state index contributed by atoms with van der Waals surface area (Å²) >= 11 is 0. The molecule has 0 N–H and O–H groups in total. The summed E-state index contributed by atoms with van der Waals surface area (Å²) in [5.41, 5.74) is -0.516. The monoisotopic (exact) mass is 442 g/mol. The number of benzene rings is 1. The first kappa shape index (κ1) is 22.6. The molecule has 2 aliphatic heterocycles. The molecule has 3 rings (SSSR count). The van der Waals surface area contributed by atoms with Crippen molar-refractivity contribution in [2.75, 3.05) is 46.0 Å². The lowest BCUT2D eigenvalue weighted by molar-refractivity contribution is -0.137. The van der Waals surface area contributed by atoms with E-state index in [-0.39, 0.29) is 37.1 Å². The van der Waals surface area contributed by atoms with Gasteiger partial charge in [-0.2, -0.15) is 4.31 Å². The lowest BCUT2D eigenvalue weighted by atomic mass is 9.92. The number of hydrogen-bond acceptors (Lipinski definition) is 6. The summed E-state index contributed by atoms with van der Waals surface area (Å²) in [6, 6.07) is 2.98. The molecule has 0 radical (unpaired) electrons. The van der Waals surface area contributed by atoms with Crippen molar-refractivity contribution in [3.8, 4) is 0 Å². The molecule has 0 saturated carbocycles. The Kier molecular flexibility index (Phi) is 7.10. The van der Waals surface area contributed by atoms with Crippen molar-refractivity contribution >= 4 is 21.9 Å². The van der Waals surface area contributed by atoms with Crippen LogP contribution >= 0.6 is 0 Å². The molecule has 1 aromatic rings. The molecular formula is C20H27FN2O6S. The molecule has 1 aromatic carbocycles. The Morgan fingerprint density at radius 1 is 1.17 bits per heavy atom. The maximum atomic E-state index is 14.2. The van der Waals surface area contributed by atoms with Crippen molar-refractivity contribution in [3.63, 3.8) is 0 Å². The van der Waals surface area contributed by atoms with Crippen LogP contribution in [-0.2, 0) is 24.3 Å². The molecule has 0 aromatic heterocycles. The lowest BCUT2D eigenvalue weighted by Crippen LogP contribution is -2.44. The number of ether oxygens (including phenoxy) is 2. The van der Waals surface area contributed by atoms with E-state index in [2.05, 4.69) is 13.8 Å². The number of hydrogen-bond donors (Lipinski definition) is 0. The number of esters is 1. The van der Waals surface area contributed by atoms with E-state index in [9.17, 15) is 22.4 Å². The minimum atomic E-state index is -3.89. The van der Waals surface area contributed by atoms with Crippen molar-refractivity contribution in [1.82, 2.24) is 9.21 Å². The number of rotatable bonds is 5. The van der Waals surface area contributed by atoms with Gasteiger partial charge in [0, 0.05) is 26.2 Å². The summed E-state index contributed by atoms with van der Waals surface area (Å²) in [5.74, 6) is -1.62. The first-order chi connectivity index (χ1) is 14.2. The maximum absolute atomic E-state index is 14.2. The van der Waals surface area contributed by atoms with Crippen LogP contribution in [0.4, 0.5) is 4.39 Å². The number of carbonyl (C=O) groups is 2. The van der Waals surface area contributed by atoms with E-state index >= 15 is 0 Å². The lowest BCUT2D eigenvalue weighted by Gasteiger charge is -2.34. The van der Waals surface area contributed by atoms with Crippen molar-refractivity contribution in [3.05, 3.63) is 29.6 Å². The summed E-state index contributed by atoms with van der Waals surface area (Å²) in [5, 5.41) is 0. The van der Waals surface area contributed by atoms with Crippen molar-refractivity contribution in [2.24, 2.45) is 11.8 Å². The number of likely N-dealkylation sites (tertiary alicyclic amines) is 1. The van der Waals surface area contributed by atoms with Crippen LogP contribution in [0.25, 0.3) is 0 Å². The Morgan fingerprint density at radius 3 is 2.43 bits per heavy atom. The van der Waals surface area contributed by atoms with Gasteiger partial charge in [0.05, 0.1) is 23.7 Å². The van der Waals surface area contributed by atoms with Crippen LogP contribution in [0.2, 0.25) is 0 Å². The van der Waals surface area contributed by atoms with Gasteiger partial charge in [-0.1, -0.05) is 13.8 Å². The largest absolute Gasteiger partial charge is 0.452 e. The highest BCUT2D eigenvalue weighted by molar-refractivity contribution is 7.89. The predicted molar refractivity (Wildman–Crippen MR) is 106 cm³/mol. The summed E-state index contributed by atoms with van der Waals surface area (Å²) in [6.45, 7) is 5.66. The molecule has 2 aliphatic rings. The molecule has 10 heteroatoms. The summed E-state index contributed by atoms with van der Waals surface area (Å²) in [7, 11) is -3.89. The molecule has 1 amide bonds. The molecular weight excluding hydrogens is 415 g/mol.